The smallest absolute Gasteiger partial charge is 0.810 e. The Morgan fingerprint density at radius 1 is 0.923 bits per heavy atom. The van der Waals surface area contributed by atoms with Crippen LogP contribution in [0.3, 0.4) is 0 Å². The Bertz CT molecular complexity index is 412. The first-order valence-corrected chi connectivity index (χ1v) is 11.7. The monoisotopic (exact) mass is 433 g/mol. The summed E-state index contributed by atoms with van der Waals surface area (Å²) < 4.78 is 22.1. The molecule has 3 N–H and O–H groups in total. The molecule has 0 aromatic rings. The molecule has 0 aliphatic heterocycles. The quantitative estimate of drug-likeness (QED) is 0.140. The van der Waals surface area contributed by atoms with Crippen LogP contribution in [-0.2, 0) is 9.13 Å². The van der Waals surface area contributed by atoms with E-state index in [1.165, 1.54) is 25.7 Å². The van der Waals surface area contributed by atoms with Crippen LogP contribution in [0.25, 0.3) is 0 Å². The van der Waals surface area contributed by atoms with Gasteiger partial charge in [-0.3, -0.25) is 4.57 Å². The number of aliphatic hydroxyl groups excluding tert-OH is 1. The molecule has 0 aliphatic carbocycles. The maximum absolute atomic E-state index is 11.1. The molecule has 2 unspecified atom stereocenters. The van der Waals surface area contributed by atoms with E-state index in [1.54, 1.807) is 7.05 Å². The molecule has 0 bridgehead atoms. The van der Waals surface area contributed by atoms with Crippen LogP contribution in [0.2, 0.25) is 0 Å². The molecule has 0 heterocycles. The third-order valence-electron chi connectivity index (χ3n) is 3.96. The van der Waals surface area contributed by atoms with Crippen LogP contribution in [0.5, 0.6) is 0 Å². The molecule has 8 nitrogen and oxygen atoms in total. The van der Waals surface area contributed by atoms with Crippen molar-refractivity contribution in [3.63, 3.8) is 0 Å². The zero-order chi connectivity index (χ0) is 18.8. The number of aliphatic hydroxyl groups is 1. The van der Waals surface area contributed by atoms with E-state index in [4.69, 9.17) is 9.79 Å². The molecule has 0 amide bonds. The molecular weight excluding hydrogens is 402 g/mol. The van der Waals surface area contributed by atoms with Gasteiger partial charge in [0.05, 0.1) is 6.10 Å². The van der Waals surface area contributed by atoms with Crippen LogP contribution in [0.15, 0.2) is 0 Å². The summed E-state index contributed by atoms with van der Waals surface area (Å²) in [5.41, 5.74) is 0. The van der Waals surface area contributed by atoms with Gasteiger partial charge in [0.25, 0.3) is 0 Å². The van der Waals surface area contributed by atoms with E-state index in [9.17, 15) is 24.0 Å². The maximum Gasteiger partial charge on any atom is 1.00 e. The van der Waals surface area contributed by atoms with Gasteiger partial charge in [-0.2, -0.15) is 0 Å². The first-order chi connectivity index (χ1) is 11.0. The Labute approximate surface area is 201 Å². The molecule has 146 valence electrons. The van der Waals surface area contributed by atoms with Crippen LogP contribution in [-0.4, -0.2) is 51.4 Å². The summed E-state index contributed by atoms with van der Waals surface area (Å²) in [6, 6.07) is 0. The summed E-state index contributed by atoms with van der Waals surface area (Å²) in [7, 11) is -9.01. The first-order valence-electron chi connectivity index (χ1n) is 8.43. The SMILES string of the molecule is CCCCCCCCCN(C)CCC(O)C(P(=O)([O-])[O-])P(=O)(O)O.[Na+].[Na+]. The minimum Gasteiger partial charge on any atom is -0.810 e. The van der Waals surface area contributed by atoms with Crippen molar-refractivity contribution in [1.82, 2.24) is 4.90 Å². The Balaban J connectivity index is -0.00000264. The number of rotatable bonds is 14. The van der Waals surface area contributed by atoms with E-state index in [-0.39, 0.29) is 72.1 Å². The number of unbranched alkanes of at least 4 members (excludes halogenated alkanes) is 6. The summed E-state index contributed by atoms with van der Waals surface area (Å²) in [5, 5.41) is 7.16. The van der Waals surface area contributed by atoms with E-state index in [1.807, 2.05) is 4.90 Å². The minimum absolute atomic E-state index is 0. The van der Waals surface area contributed by atoms with Gasteiger partial charge in [0.2, 0.25) is 0 Å². The van der Waals surface area contributed by atoms with E-state index in [0.29, 0.717) is 0 Å². The molecule has 0 aromatic heterocycles. The van der Waals surface area contributed by atoms with E-state index < -0.39 is 26.7 Å². The van der Waals surface area contributed by atoms with Crippen molar-refractivity contribution in [2.45, 2.75) is 69.8 Å². The van der Waals surface area contributed by atoms with Crippen LogP contribution in [0, 0.1) is 0 Å². The van der Waals surface area contributed by atoms with Gasteiger partial charge in [-0.25, -0.2) is 0 Å². The zero-order valence-electron chi connectivity index (χ0n) is 16.5. The van der Waals surface area contributed by atoms with Crippen molar-refractivity contribution in [3.05, 3.63) is 0 Å². The average Bonchev–Trinajstić information content (AvgIpc) is 2.41. The molecule has 12 heteroatoms. The second-order valence-corrected chi connectivity index (χ2v) is 10.1. The maximum atomic E-state index is 11.1. The molecule has 0 aliphatic rings. The molecule has 26 heavy (non-hydrogen) atoms. The van der Waals surface area contributed by atoms with Gasteiger partial charge in [0.1, 0.15) is 5.40 Å². The minimum atomic E-state index is -5.58. The summed E-state index contributed by atoms with van der Waals surface area (Å²) >= 11 is 0. The van der Waals surface area contributed by atoms with Crippen molar-refractivity contribution in [3.8, 4) is 0 Å². The molecule has 0 fully saturated rings. The largest absolute Gasteiger partial charge is 1.00 e. The number of hydrogen-bond donors (Lipinski definition) is 3. The second kappa shape index (κ2) is 17.0. The second-order valence-electron chi connectivity index (χ2n) is 6.32. The van der Waals surface area contributed by atoms with Crippen molar-refractivity contribution >= 4 is 15.2 Å². The van der Waals surface area contributed by atoms with Gasteiger partial charge in [-0.1, -0.05) is 45.4 Å². The van der Waals surface area contributed by atoms with Gasteiger partial charge in [0.15, 0.2) is 0 Å². The molecule has 0 saturated heterocycles. The number of nitrogens with zero attached hydrogens (tertiary/aromatic N) is 1. The van der Waals surface area contributed by atoms with E-state index in [2.05, 4.69) is 6.92 Å². The topological polar surface area (TPSA) is 144 Å². The summed E-state index contributed by atoms with van der Waals surface area (Å²) in [6.07, 6.45) is 6.06. The standard InChI is InChI=1S/C14H33NO7P2.2Na/c1-3-4-5-6-7-8-9-11-15(2)12-10-13(16)14(23(17,18)19)24(20,21)22;;/h13-14,16H,3-12H2,1-2H3,(H2,17,18,19)(H2,20,21,22);;/q;2*+1/p-2. The van der Waals surface area contributed by atoms with Crippen LogP contribution in [0.4, 0.5) is 0 Å². The average molecular weight is 433 g/mol. The molecule has 0 radical (unpaired) electrons. The normalized spacial score (nSPS) is 14.5. The Kier molecular flexibility index (Phi) is 21.4. The summed E-state index contributed by atoms with van der Waals surface area (Å²) in [5.74, 6) is 0. The van der Waals surface area contributed by atoms with Crippen molar-refractivity contribution < 1.29 is 92.9 Å². The van der Waals surface area contributed by atoms with Crippen LogP contribution >= 0.6 is 15.2 Å². The van der Waals surface area contributed by atoms with Crippen molar-refractivity contribution in [1.29, 1.82) is 0 Å². The molecule has 0 saturated carbocycles. The fraction of sp³-hybridized carbons (Fsp3) is 1.00. The summed E-state index contributed by atoms with van der Waals surface area (Å²) in [6.45, 7) is 3.17. The van der Waals surface area contributed by atoms with E-state index in [0.717, 1.165) is 25.8 Å². The zero-order valence-corrected chi connectivity index (χ0v) is 22.3. The summed E-state index contributed by atoms with van der Waals surface area (Å²) in [4.78, 5) is 41.8. The molecule has 0 spiro atoms. The van der Waals surface area contributed by atoms with Gasteiger partial charge < -0.3 is 34.1 Å². The molecular formula is C14H31NNa2O7P2. The predicted octanol–water partition coefficient (Wildman–Crippen LogP) is -5.15. The first kappa shape index (κ1) is 32.9. The number of hydrogen-bond acceptors (Lipinski definition) is 6. The predicted molar refractivity (Wildman–Crippen MR) is 89.6 cm³/mol. The molecule has 2 atom stereocenters. The Morgan fingerprint density at radius 2 is 1.38 bits per heavy atom. The van der Waals surface area contributed by atoms with E-state index >= 15 is 0 Å². The van der Waals surface area contributed by atoms with Crippen LogP contribution in [0.1, 0.15) is 58.3 Å². The fourth-order valence-corrected chi connectivity index (χ4v) is 5.21. The van der Waals surface area contributed by atoms with Gasteiger partial charge >= 0.3 is 66.7 Å². The van der Waals surface area contributed by atoms with Gasteiger partial charge in [-0.15, -0.1) is 0 Å². The van der Waals surface area contributed by atoms with Gasteiger partial charge in [-0.05, 0) is 34.0 Å². The Morgan fingerprint density at radius 3 is 1.81 bits per heavy atom. The fourth-order valence-electron chi connectivity index (χ4n) is 2.57. The third kappa shape index (κ3) is 16.1. The van der Waals surface area contributed by atoms with Crippen molar-refractivity contribution in [2.24, 2.45) is 0 Å². The van der Waals surface area contributed by atoms with Crippen LogP contribution < -0.4 is 68.9 Å². The molecule has 0 aromatic carbocycles. The van der Waals surface area contributed by atoms with Crippen molar-refractivity contribution in [2.75, 3.05) is 20.1 Å². The third-order valence-corrected chi connectivity index (χ3v) is 7.74. The van der Waals surface area contributed by atoms with Gasteiger partial charge in [0, 0.05) is 6.54 Å². The molecule has 0 rings (SSSR count). The Hall–Kier alpha value is 2.22.